The number of para-hydroxylation sites is 1. The molecule has 0 unspecified atom stereocenters. The van der Waals surface area contributed by atoms with Crippen molar-refractivity contribution in [3.05, 3.63) is 58.7 Å². The maximum atomic E-state index is 12.7. The number of phenolic OH excluding ortho intramolecular Hbond substituents is 1. The Balaban J connectivity index is 1.95. The number of carbonyl (C=O) groups is 1. The van der Waals surface area contributed by atoms with Crippen LogP contribution in [0.25, 0.3) is 6.08 Å². The van der Waals surface area contributed by atoms with Crippen LogP contribution in [0.5, 0.6) is 11.5 Å². The number of nitrogens with zero attached hydrogens (tertiary/aromatic N) is 1. The molecule has 7 heteroatoms. The molecule has 1 aliphatic heterocycles. The largest absolute Gasteiger partial charge is 0.504 e. The predicted molar refractivity (Wildman–Crippen MR) is 102 cm³/mol. The van der Waals surface area contributed by atoms with Crippen LogP contribution in [-0.2, 0) is 4.79 Å². The van der Waals surface area contributed by atoms with Gasteiger partial charge in [-0.25, -0.2) is 0 Å². The zero-order chi connectivity index (χ0) is 18.0. The van der Waals surface area contributed by atoms with E-state index in [0.29, 0.717) is 28.6 Å². The number of halogens is 1. The molecule has 2 aromatic rings. The van der Waals surface area contributed by atoms with E-state index >= 15 is 0 Å². The van der Waals surface area contributed by atoms with Crippen molar-refractivity contribution in [3.8, 4) is 11.5 Å². The summed E-state index contributed by atoms with van der Waals surface area (Å²) < 4.78 is 5.36. The SMILES string of the molecule is CCOc1cccc(/C=C2/NC(=S)N(c3cccc(Cl)c3)C2=O)c1O. The van der Waals surface area contributed by atoms with E-state index in [1.54, 1.807) is 42.5 Å². The highest BCUT2D eigenvalue weighted by atomic mass is 35.5. The zero-order valence-corrected chi connectivity index (χ0v) is 14.9. The van der Waals surface area contributed by atoms with Crippen molar-refractivity contribution in [2.24, 2.45) is 0 Å². The highest BCUT2D eigenvalue weighted by molar-refractivity contribution is 7.80. The van der Waals surface area contributed by atoms with Gasteiger partial charge in [0.15, 0.2) is 16.6 Å². The molecule has 1 saturated heterocycles. The van der Waals surface area contributed by atoms with E-state index in [1.165, 1.54) is 11.0 Å². The second kappa shape index (κ2) is 7.13. The van der Waals surface area contributed by atoms with Crippen LogP contribution in [0.3, 0.4) is 0 Å². The molecule has 1 aliphatic rings. The minimum absolute atomic E-state index is 0.0291. The number of thiocarbonyl (C=S) groups is 1. The Morgan fingerprint density at radius 1 is 1.32 bits per heavy atom. The van der Waals surface area contributed by atoms with Crippen LogP contribution < -0.4 is 15.0 Å². The predicted octanol–water partition coefficient (Wildman–Crippen LogP) is 3.71. The first-order chi connectivity index (χ1) is 12.0. The van der Waals surface area contributed by atoms with Gasteiger partial charge < -0.3 is 15.2 Å². The third kappa shape index (κ3) is 3.45. The third-order valence-electron chi connectivity index (χ3n) is 3.57. The average molecular weight is 375 g/mol. The van der Waals surface area contributed by atoms with E-state index in [2.05, 4.69) is 5.32 Å². The topological polar surface area (TPSA) is 61.8 Å². The van der Waals surface area contributed by atoms with Crippen LogP contribution in [0.4, 0.5) is 5.69 Å². The van der Waals surface area contributed by atoms with Crippen molar-refractivity contribution in [1.29, 1.82) is 0 Å². The Kier molecular flexibility index (Phi) is 4.92. The number of carbonyl (C=O) groups excluding carboxylic acids is 1. The van der Waals surface area contributed by atoms with Crippen LogP contribution in [0.2, 0.25) is 5.02 Å². The second-order valence-electron chi connectivity index (χ2n) is 5.24. The minimum Gasteiger partial charge on any atom is -0.504 e. The summed E-state index contributed by atoms with van der Waals surface area (Å²) in [6.07, 6.45) is 1.54. The quantitative estimate of drug-likeness (QED) is 0.631. The summed E-state index contributed by atoms with van der Waals surface area (Å²) in [5.41, 5.74) is 1.29. The molecular weight excluding hydrogens is 360 g/mol. The molecule has 1 amide bonds. The number of anilines is 1. The summed E-state index contributed by atoms with van der Waals surface area (Å²) in [5, 5.41) is 13.9. The molecule has 0 bridgehead atoms. The fourth-order valence-corrected chi connectivity index (χ4v) is 2.95. The third-order valence-corrected chi connectivity index (χ3v) is 4.09. The van der Waals surface area contributed by atoms with Crippen LogP contribution in [0.15, 0.2) is 48.2 Å². The molecule has 0 aliphatic carbocycles. The van der Waals surface area contributed by atoms with Crippen molar-refractivity contribution in [3.63, 3.8) is 0 Å². The lowest BCUT2D eigenvalue weighted by Crippen LogP contribution is -2.30. The van der Waals surface area contributed by atoms with E-state index in [1.807, 2.05) is 6.92 Å². The molecule has 0 spiro atoms. The van der Waals surface area contributed by atoms with E-state index in [0.717, 1.165) is 0 Å². The highest BCUT2D eigenvalue weighted by Gasteiger charge is 2.32. The van der Waals surface area contributed by atoms with Crippen LogP contribution in [0, 0.1) is 0 Å². The lowest BCUT2D eigenvalue weighted by atomic mass is 10.1. The smallest absolute Gasteiger partial charge is 0.281 e. The molecule has 2 N–H and O–H groups in total. The van der Waals surface area contributed by atoms with Gasteiger partial charge in [-0.2, -0.15) is 0 Å². The van der Waals surface area contributed by atoms with Crippen molar-refractivity contribution in [2.75, 3.05) is 11.5 Å². The number of aromatic hydroxyl groups is 1. The molecule has 25 heavy (non-hydrogen) atoms. The Hall–Kier alpha value is -2.57. The van der Waals surface area contributed by atoms with Gasteiger partial charge in [-0.15, -0.1) is 0 Å². The Labute approximate surface area is 155 Å². The summed E-state index contributed by atoms with van der Waals surface area (Å²) in [7, 11) is 0. The number of hydrogen-bond donors (Lipinski definition) is 2. The zero-order valence-electron chi connectivity index (χ0n) is 13.3. The number of rotatable bonds is 4. The molecule has 0 aromatic heterocycles. The van der Waals surface area contributed by atoms with Gasteiger partial charge in [0.2, 0.25) is 0 Å². The van der Waals surface area contributed by atoms with Crippen molar-refractivity contribution < 1.29 is 14.6 Å². The van der Waals surface area contributed by atoms with Gasteiger partial charge in [0.05, 0.1) is 12.3 Å². The van der Waals surface area contributed by atoms with Crippen LogP contribution in [-0.4, -0.2) is 22.7 Å². The lowest BCUT2D eigenvalue weighted by molar-refractivity contribution is -0.113. The minimum atomic E-state index is -0.325. The molecule has 1 heterocycles. The molecule has 3 rings (SSSR count). The van der Waals surface area contributed by atoms with Crippen molar-refractivity contribution in [2.45, 2.75) is 6.92 Å². The number of hydrogen-bond acceptors (Lipinski definition) is 4. The first-order valence-corrected chi connectivity index (χ1v) is 8.37. The maximum Gasteiger partial charge on any atom is 0.281 e. The molecule has 2 aromatic carbocycles. The number of nitrogens with one attached hydrogen (secondary N) is 1. The Morgan fingerprint density at radius 3 is 2.80 bits per heavy atom. The Bertz CT molecular complexity index is 882. The van der Waals surface area contributed by atoms with Gasteiger partial charge in [0.1, 0.15) is 5.70 Å². The molecule has 0 atom stereocenters. The number of benzene rings is 2. The number of amides is 1. The number of ether oxygens (including phenoxy) is 1. The van der Waals surface area contributed by atoms with Gasteiger partial charge >= 0.3 is 0 Å². The standard InChI is InChI=1S/C18H15ClN2O3S/c1-2-24-15-8-3-5-11(16(15)22)9-14-17(23)21(18(25)20-14)13-7-4-6-12(19)10-13/h3-10,22H,2H2,1H3,(H,20,25)/b14-9+. The van der Waals surface area contributed by atoms with Gasteiger partial charge in [0.25, 0.3) is 5.91 Å². The summed E-state index contributed by atoms with van der Waals surface area (Å²) in [6.45, 7) is 2.26. The van der Waals surface area contributed by atoms with Crippen molar-refractivity contribution >= 4 is 46.6 Å². The van der Waals surface area contributed by atoms with Crippen LogP contribution >= 0.6 is 23.8 Å². The van der Waals surface area contributed by atoms with E-state index in [9.17, 15) is 9.90 Å². The maximum absolute atomic E-state index is 12.7. The fourth-order valence-electron chi connectivity index (χ4n) is 2.47. The van der Waals surface area contributed by atoms with Gasteiger partial charge in [-0.1, -0.05) is 29.8 Å². The molecule has 1 fully saturated rings. The summed E-state index contributed by atoms with van der Waals surface area (Å²) in [4.78, 5) is 14.1. The molecule has 128 valence electrons. The fraction of sp³-hybridized carbons (Fsp3) is 0.111. The first-order valence-electron chi connectivity index (χ1n) is 7.58. The molecule has 0 saturated carbocycles. The van der Waals surface area contributed by atoms with E-state index < -0.39 is 0 Å². The second-order valence-corrected chi connectivity index (χ2v) is 6.06. The van der Waals surface area contributed by atoms with Crippen LogP contribution in [0.1, 0.15) is 12.5 Å². The summed E-state index contributed by atoms with van der Waals surface area (Å²) in [6, 6.07) is 11.9. The molecule has 0 radical (unpaired) electrons. The van der Waals surface area contributed by atoms with E-state index in [4.69, 9.17) is 28.6 Å². The highest BCUT2D eigenvalue weighted by Crippen LogP contribution is 2.32. The monoisotopic (exact) mass is 374 g/mol. The molecular formula is C18H15ClN2O3S. The summed E-state index contributed by atoms with van der Waals surface area (Å²) in [5.74, 6) is 0.00335. The summed E-state index contributed by atoms with van der Waals surface area (Å²) >= 11 is 11.2. The normalized spacial score (nSPS) is 15.6. The first kappa shape index (κ1) is 17.3. The number of phenols is 1. The van der Waals surface area contributed by atoms with Crippen molar-refractivity contribution in [1.82, 2.24) is 5.32 Å². The average Bonchev–Trinajstić information content (AvgIpc) is 2.85. The van der Waals surface area contributed by atoms with Gasteiger partial charge in [-0.05, 0) is 49.5 Å². The van der Waals surface area contributed by atoms with E-state index in [-0.39, 0.29) is 22.5 Å². The van der Waals surface area contributed by atoms with Gasteiger partial charge in [-0.3, -0.25) is 9.69 Å². The molecule has 5 nitrogen and oxygen atoms in total. The van der Waals surface area contributed by atoms with Gasteiger partial charge in [0, 0.05) is 10.6 Å². The Morgan fingerprint density at radius 2 is 2.08 bits per heavy atom. The lowest BCUT2D eigenvalue weighted by Gasteiger charge is -2.14.